The second kappa shape index (κ2) is 3.29. The molecule has 2 heterocycles. The number of halogens is 2. The second-order valence-electron chi connectivity index (χ2n) is 5.32. The van der Waals surface area contributed by atoms with Crippen molar-refractivity contribution in [1.29, 1.82) is 0 Å². The Bertz CT molecular complexity index is 314. The Hall–Kier alpha value is -0.910. The number of fused-ring (bicyclic) bond motifs is 1. The molecule has 6 heteroatoms. The van der Waals surface area contributed by atoms with Gasteiger partial charge in [-0.15, -0.1) is 0 Å². The van der Waals surface area contributed by atoms with Crippen molar-refractivity contribution in [2.75, 3.05) is 13.1 Å². The van der Waals surface area contributed by atoms with Crippen molar-refractivity contribution < 1.29 is 18.3 Å². The summed E-state index contributed by atoms with van der Waals surface area (Å²) in [6.07, 6.45) is -0.652. The molecule has 0 aromatic heterocycles. The van der Waals surface area contributed by atoms with Crippen LogP contribution >= 0.6 is 0 Å². The number of amides is 1. The molecule has 0 aromatic carbocycles. The first-order valence-corrected chi connectivity index (χ1v) is 5.31. The van der Waals surface area contributed by atoms with Crippen LogP contribution in [0.5, 0.6) is 0 Å². The molecule has 0 spiro atoms. The van der Waals surface area contributed by atoms with Crippen LogP contribution in [-0.4, -0.2) is 47.7 Å². The fourth-order valence-corrected chi connectivity index (χ4v) is 2.03. The number of hydrogen-bond acceptors (Lipinski definition) is 3. The number of rotatable bonds is 0. The number of nitrogens with zero attached hydrogens (tertiary/aromatic N) is 1. The van der Waals surface area contributed by atoms with E-state index in [-0.39, 0.29) is 0 Å². The molecule has 92 valence electrons. The molecule has 0 radical (unpaired) electrons. The number of carbonyl (C=O) groups is 1. The lowest BCUT2D eigenvalue weighted by atomic mass is 9.99. The highest BCUT2D eigenvalue weighted by Gasteiger charge is 2.60. The summed E-state index contributed by atoms with van der Waals surface area (Å²) < 4.78 is 31.8. The van der Waals surface area contributed by atoms with Crippen LogP contribution in [0, 0.1) is 0 Å². The third-order valence-corrected chi connectivity index (χ3v) is 2.80. The van der Waals surface area contributed by atoms with Gasteiger partial charge in [0.05, 0.1) is 18.6 Å². The fraction of sp³-hybridized carbons (Fsp3) is 0.900. The second-order valence-corrected chi connectivity index (χ2v) is 5.32. The van der Waals surface area contributed by atoms with Gasteiger partial charge in [0, 0.05) is 6.54 Å². The molecule has 2 aliphatic rings. The van der Waals surface area contributed by atoms with Gasteiger partial charge in [-0.3, -0.25) is 4.90 Å². The van der Waals surface area contributed by atoms with Gasteiger partial charge in [0.2, 0.25) is 0 Å². The minimum absolute atomic E-state index is 0.416. The molecular formula is C10H16F2N2O2. The zero-order valence-electron chi connectivity index (χ0n) is 9.59. The van der Waals surface area contributed by atoms with Crippen LogP contribution in [0.15, 0.2) is 0 Å². The summed E-state index contributed by atoms with van der Waals surface area (Å²) in [6.45, 7) is 5.02. The lowest BCUT2D eigenvalue weighted by molar-refractivity contribution is -0.0237. The number of nitrogens with one attached hydrogen (secondary N) is 1. The molecule has 2 aliphatic heterocycles. The topological polar surface area (TPSA) is 41.6 Å². The van der Waals surface area contributed by atoms with E-state index in [1.807, 2.05) is 0 Å². The van der Waals surface area contributed by atoms with Crippen molar-refractivity contribution in [2.24, 2.45) is 0 Å². The lowest BCUT2D eigenvalue weighted by Gasteiger charge is -2.37. The molecule has 4 nitrogen and oxygen atoms in total. The first-order chi connectivity index (χ1) is 7.21. The molecule has 2 atom stereocenters. The number of carbonyl (C=O) groups excluding carboxylic acids is 1. The monoisotopic (exact) mass is 234 g/mol. The number of hydrogen-bond donors (Lipinski definition) is 1. The van der Waals surface area contributed by atoms with Gasteiger partial charge in [-0.2, -0.15) is 0 Å². The van der Waals surface area contributed by atoms with Crippen LogP contribution in [-0.2, 0) is 4.74 Å². The van der Waals surface area contributed by atoms with E-state index in [4.69, 9.17) is 4.74 Å². The summed E-state index contributed by atoms with van der Waals surface area (Å²) in [7, 11) is 0. The van der Waals surface area contributed by atoms with Gasteiger partial charge >= 0.3 is 6.09 Å². The van der Waals surface area contributed by atoms with Gasteiger partial charge in [0.1, 0.15) is 5.60 Å². The summed E-state index contributed by atoms with van der Waals surface area (Å²) in [5.41, 5.74) is -0.651. The van der Waals surface area contributed by atoms with Gasteiger partial charge < -0.3 is 10.1 Å². The van der Waals surface area contributed by atoms with Crippen LogP contribution in [0.2, 0.25) is 0 Å². The van der Waals surface area contributed by atoms with Crippen LogP contribution in [0.25, 0.3) is 0 Å². The van der Waals surface area contributed by atoms with Crippen molar-refractivity contribution in [3.8, 4) is 0 Å². The maximum absolute atomic E-state index is 13.4. The predicted octanol–water partition coefficient (Wildman–Crippen LogP) is 1.21. The van der Waals surface area contributed by atoms with E-state index in [0.717, 1.165) is 4.90 Å². The molecule has 2 fully saturated rings. The zero-order chi connectivity index (χ0) is 12.1. The molecule has 2 rings (SSSR count). The Labute approximate surface area is 92.9 Å². The van der Waals surface area contributed by atoms with Gasteiger partial charge in [-0.1, -0.05) is 0 Å². The summed E-state index contributed by atoms with van der Waals surface area (Å²) in [4.78, 5) is 12.8. The van der Waals surface area contributed by atoms with Crippen molar-refractivity contribution in [3.63, 3.8) is 0 Å². The van der Waals surface area contributed by atoms with E-state index in [1.165, 1.54) is 0 Å². The smallest absolute Gasteiger partial charge is 0.410 e. The third-order valence-electron chi connectivity index (χ3n) is 2.80. The first kappa shape index (κ1) is 11.6. The van der Waals surface area contributed by atoms with E-state index in [0.29, 0.717) is 6.54 Å². The van der Waals surface area contributed by atoms with Crippen LogP contribution < -0.4 is 5.32 Å². The largest absolute Gasteiger partial charge is 0.444 e. The number of alkyl halides is 2. The molecule has 0 bridgehead atoms. The SMILES string of the molecule is CC(C)(C)OC(=O)N1CC(F)(F)[C@H]2NC[C@@H]21. The van der Waals surface area contributed by atoms with Crippen molar-refractivity contribution >= 4 is 6.09 Å². The van der Waals surface area contributed by atoms with Gasteiger partial charge in [0.15, 0.2) is 0 Å². The lowest BCUT2D eigenvalue weighted by Crippen LogP contribution is -2.64. The Morgan fingerprint density at radius 3 is 2.50 bits per heavy atom. The molecule has 1 N–H and O–H groups in total. The average molecular weight is 234 g/mol. The Morgan fingerprint density at radius 1 is 1.50 bits per heavy atom. The van der Waals surface area contributed by atoms with Gasteiger partial charge in [-0.05, 0) is 20.8 Å². The Kier molecular flexibility index (Phi) is 2.38. The highest BCUT2D eigenvalue weighted by Crippen LogP contribution is 2.37. The van der Waals surface area contributed by atoms with Gasteiger partial charge in [-0.25, -0.2) is 13.6 Å². The van der Waals surface area contributed by atoms with E-state index >= 15 is 0 Å². The maximum atomic E-state index is 13.4. The minimum Gasteiger partial charge on any atom is -0.444 e. The molecule has 0 aliphatic carbocycles. The summed E-state index contributed by atoms with van der Waals surface area (Å²) in [5, 5.41) is 2.65. The molecule has 0 aromatic rings. The minimum atomic E-state index is -2.85. The van der Waals surface area contributed by atoms with Gasteiger partial charge in [0.25, 0.3) is 5.92 Å². The number of ether oxygens (including phenoxy) is 1. The Balaban J connectivity index is 2.04. The Morgan fingerprint density at radius 2 is 2.12 bits per heavy atom. The quantitative estimate of drug-likeness (QED) is 0.685. The fourth-order valence-electron chi connectivity index (χ4n) is 2.03. The third kappa shape index (κ3) is 1.86. The molecule has 2 saturated heterocycles. The first-order valence-electron chi connectivity index (χ1n) is 5.31. The molecule has 0 saturated carbocycles. The predicted molar refractivity (Wildman–Crippen MR) is 53.5 cm³/mol. The van der Waals surface area contributed by atoms with E-state index in [9.17, 15) is 13.6 Å². The van der Waals surface area contributed by atoms with E-state index in [1.54, 1.807) is 20.8 Å². The zero-order valence-corrected chi connectivity index (χ0v) is 9.59. The normalized spacial score (nSPS) is 31.9. The van der Waals surface area contributed by atoms with Crippen LogP contribution in [0.3, 0.4) is 0 Å². The highest BCUT2D eigenvalue weighted by atomic mass is 19.3. The van der Waals surface area contributed by atoms with Crippen molar-refractivity contribution in [3.05, 3.63) is 0 Å². The van der Waals surface area contributed by atoms with E-state index < -0.39 is 36.2 Å². The summed E-state index contributed by atoms with van der Waals surface area (Å²) >= 11 is 0. The molecule has 0 unspecified atom stereocenters. The molecule has 16 heavy (non-hydrogen) atoms. The number of likely N-dealkylation sites (tertiary alicyclic amines) is 1. The van der Waals surface area contributed by atoms with Crippen molar-refractivity contribution in [2.45, 2.75) is 44.4 Å². The summed E-state index contributed by atoms with van der Waals surface area (Å²) in [6, 6.07) is -1.33. The van der Waals surface area contributed by atoms with Crippen LogP contribution in [0.4, 0.5) is 13.6 Å². The summed E-state index contributed by atoms with van der Waals surface area (Å²) in [5.74, 6) is -2.85. The van der Waals surface area contributed by atoms with E-state index in [2.05, 4.69) is 5.32 Å². The van der Waals surface area contributed by atoms with Crippen molar-refractivity contribution in [1.82, 2.24) is 10.2 Å². The standard InChI is InChI=1S/C10H16F2N2O2/c1-9(2,3)16-8(15)14-5-10(11,12)7-6(14)4-13-7/h6-7,13H,4-5H2,1-3H3/t6-,7-/m0/s1. The molecular weight excluding hydrogens is 218 g/mol. The highest BCUT2D eigenvalue weighted by molar-refractivity contribution is 5.70. The average Bonchev–Trinajstić information content (AvgIpc) is 2.11. The maximum Gasteiger partial charge on any atom is 0.410 e. The van der Waals surface area contributed by atoms with Crippen LogP contribution in [0.1, 0.15) is 20.8 Å². The molecule has 1 amide bonds.